The second-order valence-corrected chi connectivity index (χ2v) is 12.7. The van der Waals surface area contributed by atoms with E-state index in [-0.39, 0.29) is 12.1 Å². The van der Waals surface area contributed by atoms with Crippen molar-refractivity contribution in [2.45, 2.75) is 42.7 Å². The summed E-state index contributed by atoms with van der Waals surface area (Å²) in [6, 6.07) is 14.8. The van der Waals surface area contributed by atoms with E-state index in [1.54, 1.807) is 28.6 Å². The molecule has 216 valence electrons. The first-order chi connectivity index (χ1) is 20.5. The molecule has 4 aromatic heterocycles. The van der Waals surface area contributed by atoms with Crippen molar-refractivity contribution >= 4 is 21.1 Å². The number of hydrogen-bond donors (Lipinski definition) is 1. The largest absolute Gasteiger partial charge is 0.474 e. The van der Waals surface area contributed by atoms with Crippen LogP contribution in [0.5, 0.6) is 5.88 Å². The van der Waals surface area contributed by atoms with Crippen molar-refractivity contribution in [1.82, 2.24) is 29.0 Å². The third-order valence-electron chi connectivity index (χ3n) is 8.15. The highest BCUT2D eigenvalue weighted by molar-refractivity contribution is 7.89. The van der Waals surface area contributed by atoms with Crippen molar-refractivity contribution in [3.63, 3.8) is 0 Å². The predicted molar refractivity (Wildman–Crippen MR) is 158 cm³/mol. The number of benzene rings is 1. The first kappa shape index (κ1) is 26.8. The molecule has 0 atom stereocenters. The molecule has 0 unspecified atom stereocenters. The predicted octanol–water partition coefficient (Wildman–Crippen LogP) is 5.07. The monoisotopic (exact) mass is 584 g/mol. The number of pyridine rings is 2. The van der Waals surface area contributed by atoms with Gasteiger partial charge in [-0.25, -0.2) is 18.4 Å². The van der Waals surface area contributed by atoms with Crippen molar-refractivity contribution < 1.29 is 17.9 Å². The summed E-state index contributed by atoms with van der Waals surface area (Å²) in [5.41, 5.74) is 4.73. The van der Waals surface area contributed by atoms with E-state index in [0.29, 0.717) is 36.7 Å². The Balaban J connectivity index is 1.05. The molecule has 11 heteroatoms. The van der Waals surface area contributed by atoms with Gasteiger partial charge in [-0.1, -0.05) is 18.2 Å². The third-order valence-corrected chi connectivity index (χ3v) is 10.1. The van der Waals surface area contributed by atoms with Crippen LogP contribution in [0.4, 0.5) is 0 Å². The molecule has 0 amide bonds. The number of nitrogens with zero attached hydrogens (tertiary/aromatic N) is 5. The minimum atomic E-state index is -3.48. The number of H-pyrrole nitrogens is 1. The Kier molecular flexibility index (Phi) is 7.22. The SMILES string of the molecule is O=S(=O)(c1ccccc1)N1CCC(n2cc(-c3cnc4[nH]cc(-c5ccc(OC6CCOCC6)nc5)c4c3)cn2)CC1. The summed E-state index contributed by atoms with van der Waals surface area (Å²) in [5.74, 6) is 0.625. The summed E-state index contributed by atoms with van der Waals surface area (Å²) in [6.45, 7) is 2.38. The fourth-order valence-electron chi connectivity index (χ4n) is 5.75. The Bertz CT molecular complexity index is 1770. The van der Waals surface area contributed by atoms with E-state index in [4.69, 9.17) is 9.47 Å². The van der Waals surface area contributed by atoms with E-state index in [1.165, 1.54) is 0 Å². The molecular weight excluding hydrogens is 552 g/mol. The zero-order valence-corrected chi connectivity index (χ0v) is 23.9. The van der Waals surface area contributed by atoms with Gasteiger partial charge in [-0.05, 0) is 37.1 Å². The molecule has 2 aliphatic rings. The molecule has 1 aromatic carbocycles. The van der Waals surface area contributed by atoms with Gasteiger partial charge in [0.05, 0.1) is 30.3 Å². The number of aromatic nitrogens is 5. The van der Waals surface area contributed by atoms with E-state index >= 15 is 0 Å². The normalized spacial score (nSPS) is 17.5. The molecule has 7 rings (SSSR count). The Morgan fingerprint density at radius 3 is 2.43 bits per heavy atom. The molecule has 5 aromatic rings. The molecule has 0 radical (unpaired) electrons. The average molecular weight is 585 g/mol. The zero-order valence-electron chi connectivity index (χ0n) is 23.1. The fraction of sp³-hybridized carbons (Fsp3) is 0.323. The average Bonchev–Trinajstić information content (AvgIpc) is 3.70. The van der Waals surface area contributed by atoms with Crippen LogP contribution in [0.3, 0.4) is 0 Å². The maximum Gasteiger partial charge on any atom is 0.243 e. The van der Waals surface area contributed by atoms with Crippen LogP contribution < -0.4 is 4.74 Å². The highest BCUT2D eigenvalue weighted by Crippen LogP contribution is 2.33. The summed E-state index contributed by atoms with van der Waals surface area (Å²) in [4.78, 5) is 12.8. The van der Waals surface area contributed by atoms with Gasteiger partial charge in [-0.15, -0.1) is 0 Å². The van der Waals surface area contributed by atoms with Crippen molar-refractivity contribution in [1.29, 1.82) is 0 Å². The van der Waals surface area contributed by atoms with E-state index in [2.05, 4.69) is 26.1 Å². The number of nitrogens with one attached hydrogen (secondary N) is 1. The molecule has 0 spiro atoms. The van der Waals surface area contributed by atoms with Gasteiger partial charge in [0.2, 0.25) is 15.9 Å². The number of sulfonamides is 1. The minimum Gasteiger partial charge on any atom is -0.474 e. The van der Waals surface area contributed by atoms with Crippen LogP contribution in [0.15, 0.2) is 84.4 Å². The second kappa shape index (κ2) is 11.3. The molecule has 0 bridgehead atoms. The lowest BCUT2D eigenvalue weighted by molar-refractivity contribution is 0.0237. The van der Waals surface area contributed by atoms with E-state index in [9.17, 15) is 8.42 Å². The molecule has 1 N–H and O–H groups in total. The molecular formula is C31H32N6O4S. The quantitative estimate of drug-likeness (QED) is 0.284. The van der Waals surface area contributed by atoms with E-state index in [0.717, 1.165) is 59.3 Å². The standard InChI is InChI=1S/C31H32N6O4S/c38-42(39,27-4-2-1-3-5-27)36-12-8-25(9-13-36)37-21-24(19-35-37)23-16-28-29(20-34-31(28)33-18-23)22-6-7-30(32-17-22)41-26-10-14-40-15-11-26/h1-7,16-21,25-26H,8-15H2,(H,33,34). The van der Waals surface area contributed by atoms with E-state index in [1.807, 2.05) is 53.9 Å². The lowest BCUT2D eigenvalue weighted by Crippen LogP contribution is -2.39. The molecule has 2 fully saturated rings. The summed E-state index contributed by atoms with van der Waals surface area (Å²) < 4.78 is 41.0. The number of fused-ring (bicyclic) bond motifs is 1. The van der Waals surface area contributed by atoms with Gasteiger partial charge in [-0.3, -0.25) is 4.68 Å². The van der Waals surface area contributed by atoms with Gasteiger partial charge in [0, 0.05) is 84.4 Å². The van der Waals surface area contributed by atoms with Crippen LogP contribution in [0.1, 0.15) is 31.7 Å². The highest BCUT2D eigenvalue weighted by atomic mass is 32.2. The van der Waals surface area contributed by atoms with E-state index < -0.39 is 10.0 Å². The molecule has 0 saturated carbocycles. The summed E-state index contributed by atoms with van der Waals surface area (Å²) in [6.07, 6.45) is 12.8. The lowest BCUT2D eigenvalue weighted by atomic mass is 10.0. The first-order valence-electron chi connectivity index (χ1n) is 14.3. The Morgan fingerprint density at radius 1 is 0.881 bits per heavy atom. The molecule has 10 nitrogen and oxygen atoms in total. The number of hydrogen-bond acceptors (Lipinski definition) is 7. The van der Waals surface area contributed by atoms with Gasteiger partial charge in [0.1, 0.15) is 11.8 Å². The maximum absolute atomic E-state index is 13.0. The summed E-state index contributed by atoms with van der Waals surface area (Å²) in [5, 5.41) is 5.65. The van der Waals surface area contributed by atoms with Crippen molar-refractivity contribution in [2.24, 2.45) is 0 Å². The maximum atomic E-state index is 13.0. The number of rotatable bonds is 7. The molecule has 0 aliphatic carbocycles. The van der Waals surface area contributed by atoms with Gasteiger partial charge in [-0.2, -0.15) is 9.40 Å². The van der Waals surface area contributed by atoms with Crippen LogP contribution >= 0.6 is 0 Å². The van der Waals surface area contributed by atoms with Crippen LogP contribution in [0.2, 0.25) is 0 Å². The molecule has 2 aliphatic heterocycles. The zero-order chi connectivity index (χ0) is 28.5. The minimum absolute atomic E-state index is 0.133. The van der Waals surface area contributed by atoms with Crippen molar-refractivity contribution in [2.75, 3.05) is 26.3 Å². The van der Waals surface area contributed by atoms with Gasteiger partial charge >= 0.3 is 0 Å². The second-order valence-electron chi connectivity index (χ2n) is 10.8. The van der Waals surface area contributed by atoms with Crippen molar-refractivity contribution in [3.8, 4) is 28.1 Å². The molecule has 2 saturated heterocycles. The number of ether oxygens (including phenoxy) is 2. The van der Waals surface area contributed by atoms with Crippen LogP contribution in [-0.4, -0.2) is 69.9 Å². The topological polar surface area (TPSA) is 115 Å². The lowest BCUT2D eigenvalue weighted by Gasteiger charge is -2.31. The summed E-state index contributed by atoms with van der Waals surface area (Å²) in [7, 11) is -3.48. The molecule has 42 heavy (non-hydrogen) atoms. The fourth-order valence-corrected chi connectivity index (χ4v) is 7.24. The van der Waals surface area contributed by atoms with Crippen molar-refractivity contribution in [3.05, 3.63) is 79.5 Å². The van der Waals surface area contributed by atoms with Gasteiger partial charge in [0.25, 0.3) is 0 Å². The van der Waals surface area contributed by atoms with Crippen LogP contribution in [0, 0.1) is 0 Å². The van der Waals surface area contributed by atoms with Crippen LogP contribution in [-0.2, 0) is 14.8 Å². The van der Waals surface area contributed by atoms with Gasteiger partial charge in [0.15, 0.2) is 0 Å². The molecule has 6 heterocycles. The first-order valence-corrected chi connectivity index (χ1v) is 15.8. The highest BCUT2D eigenvalue weighted by Gasteiger charge is 2.30. The van der Waals surface area contributed by atoms with Gasteiger partial charge < -0.3 is 14.5 Å². The van der Waals surface area contributed by atoms with Crippen LogP contribution in [0.25, 0.3) is 33.3 Å². The Hall–Kier alpha value is -4.06. The number of aromatic amines is 1. The Labute approximate surface area is 244 Å². The third kappa shape index (κ3) is 5.31. The summed E-state index contributed by atoms with van der Waals surface area (Å²) >= 11 is 0. The Morgan fingerprint density at radius 2 is 1.67 bits per heavy atom. The smallest absolute Gasteiger partial charge is 0.243 e. The number of piperidine rings is 1.